The molecule has 0 saturated heterocycles. The molecule has 0 aliphatic heterocycles. The van der Waals surface area contributed by atoms with E-state index in [-0.39, 0.29) is 8.24 Å². The number of sulfonamides is 1. The van der Waals surface area contributed by atoms with Crippen LogP contribution in [-0.4, -0.2) is 11.8 Å². The molecular weight excluding hydrogens is 301 g/mol. The number of halogens is 3. The van der Waals surface area contributed by atoms with Crippen LogP contribution in [0.2, 0.25) is 0 Å². The van der Waals surface area contributed by atoms with E-state index >= 15 is 0 Å². The van der Waals surface area contributed by atoms with E-state index in [4.69, 9.17) is 23.6 Å². The maximum absolute atomic E-state index is 11.3. The van der Waals surface area contributed by atoms with Gasteiger partial charge in [-0.1, -0.05) is 15.9 Å². The van der Waals surface area contributed by atoms with Gasteiger partial charge in [0.05, 0.1) is 4.90 Å². The standard InChI is InChI=1S/C6H4BrCl2NO2S/c7-5-1-3-6(4-2-5)13(11,12)10(8)9/h1-4H. The lowest BCUT2D eigenvalue weighted by atomic mass is 10.4. The zero-order valence-electron chi connectivity index (χ0n) is 6.12. The molecule has 0 fully saturated rings. The molecule has 0 heterocycles. The van der Waals surface area contributed by atoms with E-state index in [2.05, 4.69) is 15.9 Å². The number of nitrogens with zero attached hydrogens (tertiary/aromatic N) is 1. The van der Waals surface area contributed by atoms with Crippen LogP contribution >= 0.6 is 39.5 Å². The average Bonchev–Trinajstić information content (AvgIpc) is 2.04. The van der Waals surface area contributed by atoms with Gasteiger partial charge in [0.15, 0.2) is 0 Å². The second kappa shape index (κ2) is 4.14. The summed E-state index contributed by atoms with van der Waals surface area (Å²) < 4.78 is 23.5. The Bertz CT molecular complexity index is 390. The molecular formula is C6H4BrCl2NO2S. The van der Waals surface area contributed by atoms with E-state index in [1.807, 2.05) is 0 Å². The molecule has 0 aliphatic rings. The summed E-state index contributed by atoms with van der Waals surface area (Å²) in [6.45, 7) is 0. The van der Waals surface area contributed by atoms with Crippen LogP contribution in [0.5, 0.6) is 0 Å². The topological polar surface area (TPSA) is 37.4 Å². The van der Waals surface area contributed by atoms with Crippen molar-refractivity contribution < 1.29 is 8.42 Å². The number of hydrogen-bond donors (Lipinski definition) is 0. The Morgan fingerprint density at radius 3 is 2.00 bits per heavy atom. The summed E-state index contributed by atoms with van der Waals surface area (Å²) >= 11 is 13.5. The van der Waals surface area contributed by atoms with Gasteiger partial charge in [-0.3, -0.25) is 0 Å². The monoisotopic (exact) mass is 303 g/mol. The van der Waals surface area contributed by atoms with Crippen molar-refractivity contribution in [2.45, 2.75) is 4.90 Å². The molecule has 0 amide bonds. The molecule has 13 heavy (non-hydrogen) atoms. The molecule has 0 saturated carbocycles. The Morgan fingerprint density at radius 2 is 1.62 bits per heavy atom. The van der Waals surface area contributed by atoms with E-state index in [1.165, 1.54) is 12.1 Å². The van der Waals surface area contributed by atoms with Gasteiger partial charge in [-0.15, -0.1) is 0 Å². The highest BCUT2D eigenvalue weighted by Crippen LogP contribution is 2.21. The molecule has 72 valence electrons. The summed E-state index contributed by atoms with van der Waals surface area (Å²) in [7, 11) is -3.75. The van der Waals surface area contributed by atoms with Gasteiger partial charge in [0.25, 0.3) is 10.0 Å². The van der Waals surface area contributed by atoms with Crippen LogP contribution in [0.3, 0.4) is 0 Å². The largest absolute Gasteiger partial charge is 0.270 e. The van der Waals surface area contributed by atoms with Crippen molar-refractivity contribution in [3.63, 3.8) is 0 Å². The SMILES string of the molecule is O=S(=O)(c1ccc(Br)cc1)N(Cl)Cl. The van der Waals surface area contributed by atoms with Crippen LogP contribution in [0.25, 0.3) is 0 Å². The molecule has 0 radical (unpaired) electrons. The van der Waals surface area contributed by atoms with E-state index < -0.39 is 10.0 Å². The minimum absolute atomic E-state index is 0.0423. The van der Waals surface area contributed by atoms with E-state index in [0.29, 0.717) is 0 Å². The maximum Gasteiger partial charge on any atom is 0.270 e. The fourth-order valence-electron chi connectivity index (χ4n) is 0.686. The first-order valence-corrected chi connectivity index (χ1v) is 5.98. The summed E-state index contributed by atoms with van der Waals surface area (Å²) in [6, 6.07) is 5.97. The number of rotatable bonds is 2. The van der Waals surface area contributed by atoms with Gasteiger partial charge in [0.1, 0.15) is 0 Å². The van der Waals surface area contributed by atoms with Crippen LogP contribution in [0.1, 0.15) is 0 Å². The van der Waals surface area contributed by atoms with Crippen molar-refractivity contribution in [1.29, 1.82) is 0 Å². The molecule has 0 aromatic heterocycles. The molecule has 0 bridgehead atoms. The number of hydrogen-bond acceptors (Lipinski definition) is 2. The van der Waals surface area contributed by atoms with Gasteiger partial charge in [0, 0.05) is 28.0 Å². The highest BCUT2D eigenvalue weighted by Gasteiger charge is 2.20. The van der Waals surface area contributed by atoms with Crippen LogP contribution in [0.15, 0.2) is 33.6 Å². The van der Waals surface area contributed by atoms with Crippen molar-refractivity contribution >= 4 is 49.5 Å². The normalized spacial score (nSPS) is 12.0. The van der Waals surface area contributed by atoms with Crippen molar-refractivity contribution in [2.24, 2.45) is 0 Å². The van der Waals surface area contributed by atoms with E-state index in [0.717, 1.165) is 4.47 Å². The highest BCUT2D eigenvalue weighted by molar-refractivity contribution is 9.10. The maximum atomic E-state index is 11.3. The summed E-state index contributed by atoms with van der Waals surface area (Å²) in [5.74, 6) is 0. The number of benzene rings is 1. The second-order valence-corrected chi connectivity index (χ2v) is 6.08. The Labute approximate surface area is 94.6 Å². The second-order valence-electron chi connectivity index (χ2n) is 2.13. The minimum Gasteiger partial charge on any atom is -0.204 e. The quantitative estimate of drug-likeness (QED) is 0.788. The van der Waals surface area contributed by atoms with Crippen LogP contribution in [0, 0.1) is 0 Å². The lowest BCUT2D eigenvalue weighted by Crippen LogP contribution is -2.11. The molecule has 1 aromatic rings. The Balaban J connectivity index is 3.17. The molecule has 1 rings (SSSR count). The molecule has 0 spiro atoms. The Hall–Kier alpha value is 0.190. The lowest BCUT2D eigenvalue weighted by Gasteiger charge is -2.05. The third-order valence-corrected chi connectivity index (χ3v) is 4.14. The Kier molecular flexibility index (Phi) is 3.59. The van der Waals surface area contributed by atoms with Gasteiger partial charge >= 0.3 is 0 Å². The predicted molar refractivity (Wildman–Crippen MR) is 54.9 cm³/mol. The van der Waals surface area contributed by atoms with Gasteiger partial charge in [-0.2, -0.15) is 0 Å². The fraction of sp³-hybridized carbons (Fsp3) is 0. The van der Waals surface area contributed by atoms with Crippen LogP contribution < -0.4 is 0 Å². The third-order valence-electron chi connectivity index (χ3n) is 1.29. The first-order chi connectivity index (χ1) is 5.94. The Morgan fingerprint density at radius 1 is 1.15 bits per heavy atom. The van der Waals surface area contributed by atoms with Gasteiger partial charge in [0.2, 0.25) is 0 Å². The summed E-state index contributed by atoms with van der Waals surface area (Å²) in [5.41, 5.74) is 0. The van der Waals surface area contributed by atoms with Crippen LogP contribution in [-0.2, 0) is 10.0 Å². The van der Waals surface area contributed by atoms with Crippen LogP contribution in [0.4, 0.5) is 0 Å². The first kappa shape index (κ1) is 11.3. The van der Waals surface area contributed by atoms with Crippen molar-refractivity contribution in [2.75, 3.05) is 0 Å². The smallest absolute Gasteiger partial charge is 0.204 e. The van der Waals surface area contributed by atoms with Crippen molar-refractivity contribution in [3.8, 4) is 0 Å². The minimum atomic E-state index is -3.75. The average molecular weight is 305 g/mol. The summed E-state index contributed by atoms with van der Waals surface area (Å²) in [4.78, 5) is 0.0423. The zero-order valence-corrected chi connectivity index (χ0v) is 10.0. The molecule has 0 aliphatic carbocycles. The van der Waals surface area contributed by atoms with Crippen molar-refractivity contribution in [3.05, 3.63) is 28.7 Å². The third kappa shape index (κ3) is 2.57. The van der Waals surface area contributed by atoms with Gasteiger partial charge in [-0.25, -0.2) is 8.42 Å². The van der Waals surface area contributed by atoms with Gasteiger partial charge in [-0.05, 0) is 27.6 Å². The predicted octanol–water partition coefficient (Wildman–Crippen LogP) is 2.75. The molecule has 0 atom stereocenters. The summed E-state index contributed by atoms with van der Waals surface area (Å²) in [6.07, 6.45) is 0. The fourth-order valence-corrected chi connectivity index (χ4v) is 2.07. The highest BCUT2D eigenvalue weighted by atomic mass is 79.9. The van der Waals surface area contributed by atoms with E-state index in [9.17, 15) is 8.42 Å². The molecule has 0 unspecified atom stereocenters. The summed E-state index contributed by atoms with van der Waals surface area (Å²) in [5, 5.41) is 0. The molecule has 0 N–H and O–H groups in total. The molecule has 7 heteroatoms. The first-order valence-electron chi connectivity index (χ1n) is 3.07. The molecule has 3 nitrogen and oxygen atoms in total. The lowest BCUT2D eigenvalue weighted by molar-refractivity contribution is 0.579. The zero-order chi connectivity index (χ0) is 10.1. The van der Waals surface area contributed by atoms with E-state index in [1.54, 1.807) is 12.1 Å². The van der Waals surface area contributed by atoms with Gasteiger partial charge < -0.3 is 0 Å². The molecule has 1 aromatic carbocycles. The van der Waals surface area contributed by atoms with Crippen molar-refractivity contribution in [1.82, 2.24) is 3.34 Å².